The van der Waals surface area contributed by atoms with Gasteiger partial charge >= 0.3 is 5.97 Å². The number of nitrogens with zero attached hydrogens (tertiary/aromatic N) is 1. The Labute approximate surface area is 113 Å². The van der Waals surface area contributed by atoms with Crippen LogP contribution in [0.2, 0.25) is 0 Å². The van der Waals surface area contributed by atoms with Crippen LogP contribution in [0.25, 0.3) is 0 Å². The van der Waals surface area contributed by atoms with E-state index in [1.165, 1.54) is 7.11 Å². The minimum Gasteiger partial charge on any atom is -0.469 e. The average Bonchev–Trinajstić information content (AvgIpc) is 3.18. The number of hydrogen-bond acceptors (Lipinski definition) is 4. The van der Waals surface area contributed by atoms with Crippen LogP contribution in [0, 0.1) is 29.1 Å². The Kier molecular flexibility index (Phi) is 3.79. The molecule has 0 heterocycles. The molecular weight excluding hydrogens is 244 g/mol. The largest absolute Gasteiger partial charge is 0.469 e. The van der Waals surface area contributed by atoms with Crippen molar-refractivity contribution >= 4 is 11.9 Å². The molecule has 104 valence electrons. The second-order valence-electron chi connectivity index (χ2n) is 5.86. The van der Waals surface area contributed by atoms with Crippen molar-refractivity contribution in [3.8, 4) is 6.07 Å². The summed E-state index contributed by atoms with van der Waals surface area (Å²) < 4.78 is 4.63. The van der Waals surface area contributed by atoms with Crippen LogP contribution in [0.3, 0.4) is 0 Å². The normalized spacial score (nSPS) is 37.0. The summed E-state index contributed by atoms with van der Waals surface area (Å²) in [5.41, 5.74) is -0.738. The first-order chi connectivity index (χ1) is 9.01. The van der Waals surface area contributed by atoms with Crippen LogP contribution in [0.1, 0.15) is 39.0 Å². The van der Waals surface area contributed by atoms with Crippen LogP contribution in [0.15, 0.2) is 0 Å². The molecule has 0 bridgehead atoms. The molecule has 0 radical (unpaired) electrons. The summed E-state index contributed by atoms with van der Waals surface area (Å²) in [4.78, 5) is 23.4. The van der Waals surface area contributed by atoms with Gasteiger partial charge in [0.05, 0.1) is 25.0 Å². The van der Waals surface area contributed by atoms with Crippen LogP contribution in [0.5, 0.6) is 0 Å². The molecule has 2 aliphatic rings. The van der Waals surface area contributed by atoms with Crippen molar-refractivity contribution in [3.05, 3.63) is 0 Å². The predicted molar refractivity (Wildman–Crippen MR) is 67.7 cm³/mol. The number of carbonyl (C=O) groups excluding carboxylic acids is 2. The molecule has 2 aliphatic carbocycles. The maximum atomic E-state index is 12.1. The van der Waals surface area contributed by atoms with Crippen LogP contribution < -0.4 is 5.32 Å². The van der Waals surface area contributed by atoms with Crippen molar-refractivity contribution in [3.63, 3.8) is 0 Å². The Bertz CT molecular complexity index is 429. The highest BCUT2D eigenvalue weighted by Gasteiger charge is 2.51. The molecule has 0 aromatic heterocycles. The van der Waals surface area contributed by atoms with Gasteiger partial charge in [0.15, 0.2) is 0 Å². The molecule has 1 N–H and O–H groups in total. The van der Waals surface area contributed by atoms with E-state index in [2.05, 4.69) is 23.0 Å². The predicted octanol–water partition coefficient (Wildman–Crippen LogP) is 1.38. The molecule has 0 unspecified atom stereocenters. The van der Waals surface area contributed by atoms with Gasteiger partial charge in [-0.05, 0) is 31.6 Å². The highest BCUT2D eigenvalue weighted by molar-refractivity contribution is 5.90. The first-order valence-electron chi connectivity index (χ1n) is 6.82. The molecule has 0 aromatic carbocycles. The summed E-state index contributed by atoms with van der Waals surface area (Å²) in [5.74, 6) is -0.685. The van der Waals surface area contributed by atoms with E-state index in [-0.39, 0.29) is 23.7 Å². The van der Waals surface area contributed by atoms with Crippen molar-refractivity contribution in [1.29, 1.82) is 5.26 Å². The monoisotopic (exact) mass is 264 g/mol. The van der Waals surface area contributed by atoms with E-state index in [9.17, 15) is 14.9 Å². The zero-order valence-electron chi connectivity index (χ0n) is 11.4. The number of amides is 1. The highest BCUT2D eigenvalue weighted by atomic mass is 16.5. The Hall–Kier alpha value is -1.57. The molecule has 4 atom stereocenters. The van der Waals surface area contributed by atoms with Crippen molar-refractivity contribution in [2.75, 3.05) is 7.11 Å². The summed E-state index contributed by atoms with van der Waals surface area (Å²) in [6.45, 7) is 2.10. The second kappa shape index (κ2) is 5.20. The smallest absolute Gasteiger partial charge is 0.309 e. The molecule has 0 aliphatic heterocycles. The fourth-order valence-electron chi connectivity index (χ4n) is 3.02. The first-order valence-corrected chi connectivity index (χ1v) is 6.82. The van der Waals surface area contributed by atoms with Gasteiger partial charge < -0.3 is 10.1 Å². The Morgan fingerprint density at radius 3 is 2.74 bits per heavy atom. The molecule has 0 saturated heterocycles. The fourth-order valence-corrected chi connectivity index (χ4v) is 3.02. The van der Waals surface area contributed by atoms with Gasteiger partial charge in [-0.15, -0.1) is 0 Å². The standard InChI is InChI=1S/C14H20N2O3/c1-9-4-3-5-14(7-9,8-15)16-12(17)10-6-11(10)13(18)19-2/h9-11H,3-7H2,1-2H3,(H,16,17)/t9-,10-,11+,14-/m1/s1. The van der Waals surface area contributed by atoms with E-state index in [1.54, 1.807) is 0 Å². The lowest BCUT2D eigenvalue weighted by Gasteiger charge is -2.35. The lowest BCUT2D eigenvalue weighted by Crippen LogP contribution is -2.50. The lowest BCUT2D eigenvalue weighted by atomic mass is 9.77. The zero-order chi connectivity index (χ0) is 14.0. The maximum Gasteiger partial charge on any atom is 0.309 e. The SMILES string of the molecule is COC(=O)[C@H]1C[C@H]1C(=O)N[C@]1(C#N)CCC[C@@H](C)C1. The van der Waals surface area contributed by atoms with E-state index < -0.39 is 5.54 Å². The van der Waals surface area contributed by atoms with Gasteiger partial charge in [-0.25, -0.2) is 0 Å². The molecule has 1 amide bonds. The van der Waals surface area contributed by atoms with Crippen LogP contribution in [-0.2, 0) is 14.3 Å². The average molecular weight is 264 g/mol. The van der Waals surface area contributed by atoms with Gasteiger partial charge in [0.2, 0.25) is 5.91 Å². The summed E-state index contributed by atoms with van der Waals surface area (Å²) in [6, 6.07) is 2.27. The second-order valence-corrected chi connectivity index (χ2v) is 5.86. The molecule has 5 nitrogen and oxygen atoms in total. The molecule has 5 heteroatoms. The maximum absolute atomic E-state index is 12.1. The minimum atomic E-state index is -0.738. The molecule has 0 aromatic rings. The van der Waals surface area contributed by atoms with Gasteiger partial charge in [0.1, 0.15) is 5.54 Å². The topological polar surface area (TPSA) is 79.2 Å². The summed E-state index contributed by atoms with van der Waals surface area (Å²) >= 11 is 0. The van der Waals surface area contributed by atoms with Crippen LogP contribution in [-0.4, -0.2) is 24.5 Å². The highest BCUT2D eigenvalue weighted by Crippen LogP contribution is 2.41. The Balaban J connectivity index is 1.95. The number of ether oxygens (including phenoxy) is 1. The molecule has 2 saturated carbocycles. The molecule has 2 fully saturated rings. The molecule has 0 spiro atoms. The summed E-state index contributed by atoms with van der Waals surface area (Å²) in [5, 5.41) is 12.3. The Morgan fingerprint density at radius 1 is 1.42 bits per heavy atom. The minimum absolute atomic E-state index is 0.175. The summed E-state index contributed by atoms with van der Waals surface area (Å²) in [7, 11) is 1.33. The van der Waals surface area contributed by atoms with E-state index in [0.717, 1.165) is 12.8 Å². The zero-order valence-corrected chi connectivity index (χ0v) is 11.4. The van der Waals surface area contributed by atoms with E-state index in [4.69, 9.17) is 0 Å². The van der Waals surface area contributed by atoms with Crippen molar-refractivity contribution in [2.45, 2.75) is 44.6 Å². The number of rotatable bonds is 3. The molecule has 2 rings (SSSR count). The van der Waals surface area contributed by atoms with Gasteiger partial charge in [0.25, 0.3) is 0 Å². The van der Waals surface area contributed by atoms with Crippen molar-refractivity contribution in [2.24, 2.45) is 17.8 Å². The number of esters is 1. The number of carbonyl (C=O) groups is 2. The summed E-state index contributed by atoms with van der Waals surface area (Å²) in [6.07, 6.45) is 4.00. The molecule has 19 heavy (non-hydrogen) atoms. The first kappa shape index (κ1) is 13.9. The fraction of sp³-hybridized carbons (Fsp3) is 0.786. The third kappa shape index (κ3) is 2.89. The van der Waals surface area contributed by atoms with Gasteiger partial charge in [-0.3, -0.25) is 9.59 Å². The lowest BCUT2D eigenvalue weighted by molar-refractivity contribution is -0.143. The van der Waals surface area contributed by atoms with E-state index >= 15 is 0 Å². The van der Waals surface area contributed by atoms with E-state index in [0.29, 0.717) is 25.2 Å². The van der Waals surface area contributed by atoms with Gasteiger partial charge in [0, 0.05) is 0 Å². The molecular formula is C14H20N2O3. The van der Waals surface area contributed by atoms with Crippen LogP contribution in [0.4, 0.5) is 0 Å². The quantitative estimate of drug-likeness (QED) is 0.781. The van der Waals surface area contributed by atoms with Crippen molar-refractivity contribution < 1.29 is 14.3 Å². The van der Waals surface area contributed by atoms with E-state index in [1.807, 2.05) is 0 Å². The number of methoxy groups -OCH3 is 1. The third-order valence-corrected chi connectivity index (χ3v) is 4.21. The third-order valence-electron chi connectivity index (χ3n) is 4.21. The number of nitriles is 1. The number of hydrogen-bond donors (Lipinski definition) is 1. The van der Waals surface area contributed by atoms with Gasteiger partial charge in [-0.1, -0.05) is 13.3 Å². The number of nitrogens with one attached hydrogen (secondary N) is 1. The van der Waals surface area contributed by atoms with Crippen LogP contribution >= 0.6 is 0 Å². The van der Waals surface area contributed by atoms with Gasteiger partial charge in [-0.2, -0.15) is 5.26 Å². The Morgan fingerprint density at radius 2 is 2.16 bits per heavy atom. The van der Waals surface area contributed by atoms with Crippen molar-refractivity contribution in [1.82, 2.24) is 5.32 Å².